The second-order valence-electron chi connectivity index (χ2n) is 4.02. The summed E-state index contributed by atoms with van der Waals surface area (Å²) in [7, 11) is 0. The Morgan fingerprint density at radius 2 is 2.33 bits per heavy atom. The fourth-order valence-electron chi connectivity index (χ4n) is 1.75. The zero-order valence-electron chi connectivity index (χ0n) is 9.38. The number of halogens is 1. The van der Waals surface area contributed by atoms with E-state index < -0.39 is 0 Å². The lowest BCUT2D eigenvalue weighted by Crippen LogP contribution is -2.35. The van der Waals surface area contributed by atoms with Gasteiger partial charge in [-0.1, -0.05) is 15.9 Å². The molecule has 0 aromatic heterocycles. The van der Waals surface area contributed by atoms with E-state index in [1.807, 2.05) is 11.8 Å². The molecule has 88 valence electrons. The van der Waals surface area contributed by atoms with Crippen molar-refractivity contribution in [1.82, 2.24) is 4.90 Å². The monoisotopic (exact) mass is 277 g/mol. The van der Waals surface area contributed by atoms with Crippen LogP contribution in [0.2, 0.25) is 0 Å². The third-order valence-corrected chi connectivity index (χ3v) is 3.14. The van der Waals surface area contributed by atoms with Crippen LogP contribution in [0.25, 0.3) is 0 Å². The number of carbonyl (C=O) groups excluding carboxylic acids is 1. The molecule has 1 aliphatic rings. The molecule has 1 aliphatic heterocycles. The van der Waals surface area contributed by atoms with Gasteiger partial charge in [-0.25, -0.2) is 0 Å². The molecule has 0 radical (unpaired) electrons. The number of hydrogen-bond donors (Lipinski definition) is 0. The van der Waals surface area contributed by atoms with E-state index in [1.165, 1.54) is 0 Å². The molecule has 0 aromatic rings. The van der Waals surface area contributed by atoms with E-state index in [2.05, 4.69) is 15.9 Å². The number of unbranched alkanes of at least 4 members (excludes halogenated alkanes) is 1. The maximum Gasteiger partial charge on any atom is 0.222 e. The van der Waals surface area contributed by atoms with Crippen LogP contribution in [0.15, 0.2) is 0 Å². The average Bonchev–Trinajstić information content (AvgIpc) is 2.43. The Hall–Kier alpha value is -0.0900. The van der Waals surface area contributed by atoms with E-state index >= 15 is 0 Å². The smallest absolute Gasteiger partial charge is 0.222 e. The molecule has 1 heterocycles. The van der Waals surface area contributed by atoms with Gasteiger partial charge in [-0.05, 0) is 26.2 Å². The van der Waals surface area contributed by atoms with Crippen LogP contribution in [-0.2, 0) is 9.53 Å². The summed E-state index contributed by atoms with van der Waals surface area (Å²) < 4.78 is 5.51. The Morgan fingerprint density at radius 1 is 1.53 bits per heavy atom. The summed E-state index contributed by atoms with van der Waals surface area (Å²) in [5, 5.41) is 0.986. The van der Waals surface area contributed by atoms with E-state index in [9.17, 15) is 4.79 Å². The Bertz CT molecular complexity index is 199. The van der Waals surface area contributed by atoms with Crippen molar-refractivity contribution in [2.75, 3.05) is 25.0 Å². The Balaban J connectivity index is 2.29. The molecule has 15 heavy (non-hydrogen) atoms. The zero-order valence-corrected chi connectivity index (χ0v) is 11.0. The molecular weight excluding hydrogens is 258 g/mol. The van der Waals surface area contributed by atoms with Crippen molar-refractivity contribution in [3.63, 3.8) is 0 Å². The lowest BCUT2D eigenvalue weighted by Gasteiger charge is -2.22. The molecule has 1 atom stereocenters. The minimum atomic E-state index is 0.188. The first-order chi connectivity index (χ1) is 7.24. The molecule has 0 aromatic carbocycles. The highest BCUT2D eigenvalue weighted by molar-refractivity contribution is 9.09. The third-order valence-electron chi connectivity index (χ3n) is 2.58. The van der Waals surface area contributed by atoms with Gasteiger partial charge in [-0.3, -0.25) is 4.79 Å². The number of carbonyl (C=O) groups is 1. The number of alkyl halides is 1. The highest BCUT2D eigenvalue weighted by Gasteiger charge is 2.18. The Labute approximate surface area is 100 Å². The lowest BCUT2D eigenvalue weighted by molar-refractivity contribution is -0.132. The second-order valence-corrected chi connectivity index (χ2v) is 4.81. The van der Waals surface area contributed by atoms with Gasteiger partial charge in [0.25, 0.3) is 0 Å². The Morgan fingerprint density at radius 3 is 3.07 bits per heavy atom. The van der Waals surface area contributed by atoms with E-state index in [-0.39, 0.29) is 12.0 Å². The lowest BCUT2D eigenvalue weighted by atomic mass is 10.2. The summed E-state index contributed by atoms with van der Waals surface area (Å²) in [5.41, 5.74) is 0. The maximum absolute atomic E-state index is 11.8. The summed E-state index contributed by atoms with van der Waals surface area (Å²) in [6.07, 6.45) is 3.89. The number of nitrogens with zero attached hydrogens (tertiary/aromatic N) is 1. The van der Waals surface area contributed by atoms with Crippen molar-refractivity contribution in [2.24, 2.45) is 0 Å². The molecule has 1 rings (SSSR count). The van der Waals surface area contributed by atoms with E-state index in [0.29, 0.717) is 6.42 Å². The standard InChI is InChI=1S/C11H20BrNO2/c1-10-9-13(7-4-8-15-10)11(14)5-2-3-6-12/h10H,2-9H2,1H3. The fraction of sp³-hybridized carbons (Fsp3) is 0.909. The number of rotatable bonds is 4. The van der Waals surface area contributed by atoms with Crippen LogP contribution in [0.4, 0.5) is 0 Å². The van der Waals surface area contributed by atoms with Gasteiger partial charge in [0.2, 0.25) is 5.91 Å². The second kappa shape index (κ2) is 7.23. The molecule has 1 fully saturated rings. The minimum Gasteiger partial charge on any atom is -0.377 e. The maximum atomic E-state index is 11.8. The average molecular weight is 278 g/mol. The van der Waals surface area contributed by atoms with Gasteiger partial charge in [0.15, 0.2) is 0 Å². The first-order valence-corrected chi connectivity index (χ1v) is 6.81. The molecule has 0 aliphatic carbocycles. The van der Waals surface area contributed by atoms with Crippen molar-refractivity contribution < 1.29 is 9.53 Å². The normalized spacial score (nSPS) is 22.5. The SMILES string of the molecule is CC1CN(C(=O)CCCCBr)CCCO1. The molecule has 0 bridgehead atoms. The largest absolute Gasteiger partial charge is 0.377 e. The molecular formula is C11H20BrNO2. The minimum absolute atomic E-state index is 0.188. The molecule has 0 N–H and O–H groups in total. The van der Waals surface area contributed by atoms with Gasteiger partial charge in [-0.15, -0.1) is 0 Å². The molecule has 1 saturated heterocycles. The van der Waals surface area contributed by atoms with Crippen molar-refractivity contribution in [3.8, 4) is 0 Å². The summed E-state index contributed by atoms with van der Waals surface area (Å²) in [6, 6.07) is 0. The van der Waals surface area contributed by atoms with Crippen LogP contribution in [0, 0.1) is 0 Å². The van der Waals surface area contributed by atoms with Crippen LogP contribution < -0.4 is 0 Å². The van der Waals surface area contributed by atoms with Gasteiger partial charge in [0.05, 0.1) is 6.10 Å². The summed E-state index contributed by atoms with van der Waals surface area (Å²) >= 11 is 3.37. The van der Waals surface area contributed by atoms with Crippen LogP contribution >= 0.6 is 15.9 Å². The predicted octanol–water partition coefficient (Wildman–Crippen LogP) is 2.19. The third kappa shape index (κ3) is 4.98. The van der Waals surface area contributed by atoms with Gasteiger partial charge >= 0.3 is 0 Å². The van der Waals surface area contributed by atoms with Crippen molar-refractivity contribution in [2.45, 2.75) is 38.7 Å². The van der Waals surface area contributed by atoms with Crippen LogP contribution in [0.1, 0.15) is 32.6 Å². The van der Waals surface area contributed by atoms with Crippen molar-refractivity contribution >= 4 is 21.8 Å². The Kier molecular flexibility index (Phi) is 6.25. The predicted molar refractivity (Wildman–Crippen MR) is 64.3 cm³/mol. The summed E-state index contributed by atoms with van der Waals surface area (Å²) in [6.45, 7) is 4.43. The first kappa shape index (κ1) is 13.0. The van der Waals surface area contributed by atoms with Crippen molar-refractivity contribution in [3.05, 3.63) is 0 Å². The molecule has 0 spiro atoms. The van der Waals surface area contributed by atoms with Crippen LogP contribution in [-0.4, -0.2) is 41.9 Å². The van der Waals surface area contributed by atoms with Gasteiger partial charge in [0.1, 0.15) is 0 Å². The van der Waals surface area contributed by atoms with Gasteiger partial charge in [-0.2, -0.15) is 0 Å². The van der Waals surface area contributed by atoms with E-state index in [0.717, 1.165) is 44.3 Å². The highest BCUT2D eigenvalue weighted by Crippen LogP contribution is 2.09. The molecule has 1 amide bonds. The highest BCUT2D eigenvalue weighted by atomic mass is 79.9. The van der Waals surface area contributed by atoms with E-state index in [4.69, 9.17) is 4.74 Å². The summed E-state index contributed by atoms with van der Waals surface area (Å²) in [4.78, 5) is 13.8. The first-order valence-electron chi connectivity index (χ1n) is 5.69. The molecule has 1 unspecified atom stereocenters. The molecule has 3 nitrogen and oxygen atoms in total. The number of ether oxygens (including phenoxy) is 1. The van der Waals surface area contributed by atoms with Crippen molar-refractivity contribution in [1.29, 1.82) is 0 Å². The quantitative estimate of drug-likeness (QED) is 0.583. The number of hydrogen-bond acceptors (Lipinski definition) is 2. The van der Waals surface area contributed by atoms with Gasteiger partial charge < -0.3 is 9.64 Å². The topological polar surface area (TPSA) is 29.5 Å². The summed E-state index contributed by atoms with van der Waals surface area (Å²) in [5.74, 6) is 0.285. The number of amides is 1. The van der Waals surface area contributed by atoms with Crippen LogP contribution in [0.3, 0.4) is 0 Å². The fourth-order valence-corrected chi connectivity index (χ4v) is 2.15. The molecule has 4 heteroatoms. The van der Waals surface area contributed by atoms with Crippen LogP contribution in [0.5, 0.6) is 0 Å². The molecule has 0 saturated carbocycles. The van der Waals surface area contributed by atoms with Gasteiger partial charge in [0, 0.05) is 31.4 Å². The van der Waals surface area contributed by atoms with E-state index in [1.54, 1.807) is 0 Å². The zero-order chi connectivity index (χ0) is 11.1.